The molecule has 0 bridgehead atoms. The fraction of sp³-hybridized carbons (Fsp3) is 0.412. The maximum atomic E-state index is 12.0. The monoisotopic (exact) mass is 332 g/mol. The lowest BCUT2D eigenvalue weighted by Crippen LogP contribution is -2.41. The van der Waals surface area contributed by atoms with Gasteiger partial charge in [-0.2, -0.15) is 0 Å². The van der Waals surface area contributed by atoms with Gasteiger partial charge < -0.3 is 10.1 Å². The molecule has 0 saturated carbocycles. The molecule has 0 saturated heterocycles. The molecule has 2 rings (SSSR count). The van der Waals surface area contributed by atoms with Crippen molar-refractivity contribution >= 4 is 29.3 Å². The average molecular weight is 332 g/mol. The molecule has 0 aromatic heterocycles. The van der Waals surface area contributed by atoms with Crippen LogP contribution in [0.5, 0.6) is 0 Å². The van der Waals surface area contributed by atoms with E-state index in [1.54, 1.807) is 18.2 Å². The molecule has 1 aliphatic rings. The fourth-order valence-corrected chi connectivity index (χ4v) is 2.27. The zero-order valence-corrected chi connectivity index (χ0v) is 13.9. The Labute approximate surface area is 140 Å². The molecule has 1 heterocycles. The van der Waals surface area contributed by atoms with Gasteiger partial charge in [0.25, 0.3) is 17.6 Å². The molecule has 0 fully saturated rings. The van der Waals surface area contributed by atoms with Crippen molar-refractivity contribution in [1.82, 2.24) is 5.32 Å². The van der Waals surface area contributed by atoms with Crippen molar-refractivity contribution in [1.29, 1.82) is 0 Å². The molecule has 24 heavy (non-hydrogen) atoms. The summed E-state index contributed by atoms with van der Waals surface area (Å²) in [5.74, 6) is -2.30. The lowest BCUT2D eigenvalue weighted by atomic mass is 10.1. The van der Waals surface area contributed by atoms with Crippen molar-refractivity contribution < 1.29 is 23.9 Å². The maximum Gasteiger partial charge on any atom is 0.326 e. The minimum atomic E-state index is -0.972. The van der Waals surface area contributed by atoms with Crippen LogP contribution in [0.15, 0.2) is 24.3 Å². The van der Waals surface area contributed by atoms with Crippen LogP contribution in [0.4, 0.5) is 5.69 Å². The lowest BCUT2D eigenvalue weighted by molar-refractivity contribution is -0.153. The van der Waals surface area contributed by atoms with Crippen LogP contribution in [0.3, 0.4) is 0 Å². The van der Waals surface area contributed by atoms with Crippen molar-refractivity contribution in [3.8, 4) is 0 Å². The third-order valence-electron chi connectivity index (χ3n) is 3.53. The van der Waals surface area contributed by atoms with E-state index in [9.17, 15) is 19.2 Å². The molecule has 1 N–H and O–H groups in total. The summed E-state index contributed by atoms with van der Waals surface area (Å²) in [7, 11) is 0. The molecular weight excluding hydrogens is 312 g/mol. The normalized spacial score (nSPS) is 14.6. The number of fused-ring (bicyclic) bond motifs is 1. The molecule has 1 aromatic rings. The highest BCUT2D eigenvalue weighted by molar-refractivity contribution is 6.52. The van der Waals surface area contributed by atoms with Crippen LogP contribution in [0.25, 0.3) is 0 Å². The highest BCUT2D eigenvalue weighted by Gasteiger charge is 2.37. The summed E-state index contributed by atoms with van der Waals surface area (Å²) in [6, 6.07) is 6.44. The number of rotatable bonds is 6. The maximum absolute atomic E-state index is 12.0. The number of amides is 2. The number of nitrogens with one attached hydrogen (secondary N) is 1. The van der Waals surface area contributed by atoms with Crippen LogP contribution in [0, 0.1) is 5.92 Å². The van der Waals surface area contributed by atoms with Gasteiger partial charge >= 0.3 is 5.97 Å². The van der Waals surface area contributed by atoms with Gasteiger partial charge in [-0.05, 0) is 25.0 Å². The molecule has 0 spiro atoms. The van der Waals surface area contributed by atoms with Gasteiger partial charge in [-0.1, -0.05) is 26.0 Å². The zero-order valence-electron chi connectivity index (χ0n) is 13.9. The Morgan fingerprint density at radius 3 is 2.50 bits per heavy atom. The predicted octanol–water partition coefficient (Wildman–Crippen LogP) is 0.920. The second-order valence-electron chi connectivity index (χ2n) is 6.01. The summed E-state index contributed by atoms with van der Waals surface area (Å²) in [5, 5.41) is 2.66. The Hall–Kier alpha value is -2.70. The van der Waals surface area contributed by atoms with E-state index in [2.05, 4.69) is 5.32 Å². The van der Waals surface area contributed by atoms with Crippen LogP contribution in [0.1, 0.15) is 31.1 Å². The molecule has 1 atom stereocenters. The number of ketones is 1. The SMILES string of the molecule is CC(C)CNC(=O)[C@H](C)OC(=O)CN1C(=O)C(=O)c2ccccc21. The van der Waals surface area contributed by atoms with Crippen molar-refractivity contribution in [2.24, 2.45) is 5.92 Å². The lowest BCUT2D eigenvalue weighted by Gasteiger charge is -2.18. The van der Waals surface area contributed by atoms with Gasteiger partial charge in [-0.25, -0.2) is 0 Å². The van der Waals surface area contributed by atoms with E-state index in [-0.39, 0.29) is 11.5 Å². The first kappa shape index (κ1) is 17.7. The molecule has 1 aromatic carbocycles. The average Bonchev–Trinajstić information content (AvgIpc) is 2.78. The van der Waals surface area contributed by atoms with E-state index in [4.69, 9.17) is 4.74 Å². The first-order chi connectivity index (χ1) is 11.3. The third-order valence-corrected chi connectivity index (χ3v) is 3.53. The van der Waals surface area contributed by atoms with Crippen LogP contribution in [-0.2, 0) is 19.1 Å². The number of esters is 1. The van der Waals surface area contributed by atoms with Gasteiger partial charge in [-0.3, -0.25) is 24.1 Å². The summed E-state index contributed by atoms with van der Waals surface area (Å²) in [6.45, 7) is 5.42. The van der Waals surface area contributed by atoms with E-state index in [1.807, 2.05) is 13.8 Å². The van der Waals surface area contributed by atoms with Crippen molar-refractivity contribution in [3.05, 3.63) is 29.8 Å². The topological polar surface area (TPSA) is 92.8 Å². The van der Waals surface area contributed by atoms with E-state index in [0.717, 1.165) is 4.90 Å². The van der Waals surface area contributed by atoms with Gasteiger partial charge in [0.1, 0.15) is 6.54 Å². The van der Waals surface area contributed by atoms with Crippen molar-refractivity contribution in [2.75, 3.05) is 18.0 Å². The van der Waals surface area contributed by atoms with Gasteiger partial charge in [0.15, 0.2) is 6.10 Å². The summed E-state index contributed by atoms with van der Waals surface area (Å²) >= 11 is 0. The quantitative estimate of drug-likeness (QED) is 0.618. The Balaban J connectivity index is 1.97. The first-order valence-electron chi connectivity index (χ1n) is 7.73. The number of ether oxygens (including phenoxy) is 1. The first-order valence-corrected chi connectivity index (χ1v) is 7.73. The second-order valence-corrected chi connectivity index (χ2v) is 6.01. The van der Waals surface area contributed by atoms with Crippen LogP contribution in [0.2, 0.25) is 0 Å². The number of carbonyl (C=O) groups excluding carboxylic acids is 4. The largest absolute Gasteiger partial charge is 0.451 e. The third kappa shape index (κ3) is 3.79. The summed E-state index contributed by atoms with van der Waals surface area (Å²) in [4.78, 5) is 48.7. The van der Waals surface area contributed by atoms with Gasteiger partial charge in [-0.15, -0.1) is 0 Å². The molecule has 2 amide bonds. The Kier molecular flexibility index (Phi) is 5.33. The molecule has 0 radical (unpaired) electrons. The number of anilines is 1. The molecule has 7 heteroatoms. The van der Waals surface area contributed by atoms with Gasteiger partial charge in [0, 0.05) is 6.54 Å². The number of para-hydroxylation sites is 1. The minimum absolute atomic E-state index is 0.262. The number of nitrogens with zero attached hydrogens (tertiary/aromatic N) is 1. The van der Waals surface area contributed by atoms with Crippen LogP contribution < -0.4 is 10.2 Å². The number of hydrogen-bond donors (Lipinski definition) is 1. The number of benzene rings is 1. The standard InChI is InChI=1S/C17H20N2O5/c1-10(2)8-18-16(22)11(3)24-14(20)9-19-13-7-5-4-6-12(13)15(21)17(19)23/h4-7,10-11H,8-9H2,1-3H3,(H,18,22)/t11-/m0/s1. The Bertz CT molecular complexity index is 683. The van der Waals surface area contributed by atoms with E-state index in [0.29, 0.717) is 12.2 Å². The highest BCUT2D eigenvalue weighted by atomic mass is 16.5. The number of hydrogen-bond acceptors (Lipinski definition) is 5. The minimum Gasteiger partial charge on any atom is -0.451 e. The molecule has 7 nitrogen and oxygen atoms in total. The zero-order chi connectivity index (χ0) is 17.9. The van der Waals surface area contributed by atoms with E-state index < -0.39 is 36.2 Å². The summed E-state index contributed by atoms with van der Waals surface area (Å²) in [5.41, 5.74) is 0.638. The van der Waals surface area contributed by atoms with Gasteiger partial charge in [0.2, 0.25) is 0 Å². The van der Waals surface area contributed by atoms with Crippen LogP contribution >= 0.6 is 0 Å². The summed E-state index contributed by atoms with van der Waals surface area (Å²) < 4.78 is 5.05. The number of carbonyl (C=O) groups is 4. The van der Waals surface area contributed by atoms with Gasteiger partial charge in [0.05, 0.1) is 11.3 Å². The summed E-state index contributed by atoms with van der Waals surface area (Å²) in [6.07, 6.45) is -0.972. The molecular formula is C17H20N2O5. The fourth-order valence-electron chi connectivity index (χ4n) is 2.27. The Morgan fingerprint density at radius 2 is 1.83 bits per heavy atom. The van der Waals surface area contributed by atoms with Crippen molar-refractivity contribution in [2.45, 2.75) is 26.9 Å². The van der Waals surface area contributed by atoms with Crippen LogP contribution in [-0.4, -0.2) is 42.8 Å². The molecule has 0 aliphatic carbocycles. The van der Waals surface area contributed by atoms with E-state index in [1.165, 1.54) is 13.0 Å². The molecule has 1 aliphatic heterocycles. The Morgan fingerprint density at radius 1 is 1.17 bits per heavy atom. The van der Waals surface area contributed by atoms with Crippen molar-refractivity contribution in [3.63, 3.8) is 0 Å². The van der Waals surface area contributed by atoms with E-state index >= 15 is 0 Å². The number of Topliss-reactive ketones (excluding diaryl/α,β-unsaturated/α-hetero) is 1. The predicted molar refractivity (Wildman–Crippen MR) is 86.5 cm³/mol. The second kappa shape index (κ2) is 7.25. The molecule has 0 unspecified atom stereocenters. The smallest absolute Gasteiger partial charge is 0.326 e. The molecule has 128 valence electrons. The highest BCUT2D eigenvalue weighted by Crippen LogP contribution is 2.28.